The lowest BCUT2D eigenvalue weighted by Gasteiger charge is -1.98. The molecule has 5 nitrogen and oxygen atoms in total. The largest absolute Gasteiger partial charge is 0.353 e. The van der Waals surface area contributed by atoms with Gasteiger partial charge in [0.1, 0.15) is 5.69 Å². The number of nitrogens with one attached hydrogen (secondary N) is 2. The minimum Gasteiger partial charge on any atom is -0.353 e. The first-order valence-electron chi connectivity index (χ1n) is 5.17. The number of para-hydroxylation sites is 1. The molecular formula is C12H10N4O. The van der Waals surface area contributed by atoms with Crippen molar-refractivity contribution in [2.45, 2.75) is 0 Å². The Kier molecular flexibility index (Phi) is 2.06. The Morgan fingerprint density at radius 3 is 2.88 bits per heavy atom. The minimum absolute atomic E-state index is 0.310. The number of aromatic amines is 1. The molecule has 17 heavy (non-hydrogen) atoms. The molecule has 0 radical (unpaired) electrons. The molecule has 0 bridgehead atoms. The summed E-state index contributed by atoms with van der Waals surface area (Å²) in [5, 5.41) is 2.03. The molecule has 4 N–H and O–H groups in total. The third-order valence-electron chi connectivity index (χ3n) is 2.75. The van der Waals surface area contributed by atoms with Crippen molar-refractivity contribution in [3.05, 3.63) is 42.2 Å². The maximum atomic E-state index is 11.4. The summed E-state index contributed by atoms with van der Waals surface area (Å²) in [6, 6.07) is 9.63. The molecule has 0 aliphatic carbocycles. The number of pyridine rings is 1. The van der Waals surface area contributed by atoms with Crippen LogP contribution in [0.3, 0.4) is 0 Å². The highest BCUT2D eigenvalue weighted by Gasteiger charge is 2.09. The Hall–Kier alpha value is -2.40. The lowest BCUT2D eigenvalue weighted by Crippen LogP contribution is -2.30. The molecule has 0 saturated carbocycles. The van der Waals surface area contributed by atoms with Gasteiger partial charge >= 0.3 is 0 Å². The average Bonchev–Trinajstić information content (AvgIpc) is 2.75. The van der Waals surface area contributed by atoms with Gasteiger partial charge in [-0.3, -0.25) is 10.2 Å². The summed E-state index contributed by atoms with van der Waals surface area (Å²) < 4.78 is 0. The lowest BCUT2D eigenvalue weighted by molar-refractivity contribution is 0.0949. The van der Waals surface area contributed by atoms with Crippen molar-refractivity contribution in [3.8, 4) is 0 Å². The molecule has 0 saturated heterocycles. The standard InChI is InChI=1S/C12H10N4O/c13-16-12(17)10-5-8-7-3-1-2-4-9(7)15-11(8)6-14-10/h1-6,15H,13H2,(H,16,17). The first-order valence-corrected chi connectivity index (χ1v) is 5.17. The number of rotatable bonds is 1. The molecule has 0 unspecified atom stereocenters. The van der Waals surface area contributed by atoms with E-state index in [4.69, 9.17) is 5.84 Å². The monoisotopic (exact) mass is 226 g/mol. The molecule has 1 aromatic carbocycles. The summed E-state index contributed by atoms with van der Waals surface area (Å²) in [5.41, 5.74) is 4.31. The van der Waals surface area contributed by atoms with Crippen LogP contribution in [0.2, 0.25) is 0 Å². The van der Waals surface area contributed by atoms with Crippen molar-refractivity contribution < 1.29 is 4.79 Å². The van der Waals surface area contributed by atoms with Gasteiger partial charge in [0.25, 0.3) is 5.91 Å². The van der Waals surface area contributed by atoms with E-state index in [1.807, 2.05) is 24.3 Å². The van der Waals surface area contributed by atoms with Gasteiger partial charge in [-0.15, -0.1) is 0 Å². The van der Waals surface area contributed by atoms with E-state index in [0.29, 0.717) is 5.69 Å². The molecule has 0 spiro atoms. The first-order chi connectivity index (χ1) is 8.29. The summed E-state index contributed by atoms with van der Waals surface area (Å²) in [6.45, 7) is 0. The van der Waals surface area contributed by atoms with E-state index in [1.54, 1.807) is 12.3 Å². The third-order valence-corrected chi connectivity index (χ3v) is 2.75. The topological polar surface area (TPSA) is 83.8 Å². The van der Waals surface area contributed by atoms with E-state index in [-0.39, 0.29) is 0 Å². The maximum absolute atomic E-state index is 11.4. The van der Waals surface area contributed by atoms with Gasteiger partial charge in [-0.2, -0.15) is 0 Å². The summed E-state index contributed by atoms with van der Waals surface area (Å²) >= 11 is 0. The summed E-state index contributed by atoms with van der Waals surface area (Å²) in [7, 11) is 0. The van der Waals surface area contributed by atoms with Crippen LogP contribution < -0.4 is 11.3 Å². The number of nitrogens with two attached hydrogens (primary N) is 1. The number of nitrogens with zero attached hydrogens (tertiary/aromatic N) is 1. The van der Waals surface area contributed by atoms with Crippen LogP contribution in [0, 0.1) is 0 Å². The number of carbonyl (C=O) groups is 1. The van der Waals surface area contributed by atoms with Crippen LogP contribution in [0.1, 0.15) is 10.5 Å². The fourth-order valence-corrected chi connectivity index (χ4v) is 1.95. The van der Waals surface area contributed by atoms with Gasteiger partial charge in [-0.1, -0.05) is 18.2 Å². The van der Waals surface area contributed by atoms with Gasteiger partial charge in [0.2, 0.25) is 0 Å². The third kappa shape index (κ3) is 1.44. The number of amides is 1. The van der Waals surface area contributed by atoms with E-state index in [2.05, 4.69) is 15.4 Å². The predicted molar refractivity (Wildman–Crippen MR) is 65.3 cm³/mol. The number of nitrogen functional groups attached to an aromatic ring is 1. The summed E-state index contributed by atoms with van der Waals surface area (Å²) in [5.74, 6) is 4.70. The van der Waals surface area contributed by atoms with Crippen LogP contribution in [0.5, 0.6) is 0 Å². The number of hydrazine groups is 1. The van der Waals surface area contributed by atoms with E-state index in [9.17, 15) is 4.79 Å². The molecule has 2 heterocycles. The molecular weight excluding hydrogens is 216 g/mol. The Labute approximate surface area is 96.6 Å². The van der Waals surface area contributed by atoms with Gasteiger partial charge in [0.15, 0.2) is 0 Å². The number of hydrogen-bond acceptors (Lipinski definition) is 3. The fourth-order valence-electron chi connectivity index (χ4n) is 1.95. The second kappa shape index (κ2) is 3.57. The first kappa shape index (κ1) is 9.80. The van der Waals surface area contributed by atoms with Gasteiger partial charge in [0.05, 0.1) is 11.7 Å². The smallest absolute Gasteiger partial charge is 0.283 e. The zero-order chi connectivity index (χ0) is 11.8. The Bertz CT molecular complexity index is 717. The van der Waals surface area contributed by atoms with E-state index < -0.39 is 5.91 Å². The van der Waals surface area contributed by atoms with Crippen LogP contribution in [0.25, 0.3) is 21.8 Å². The quantitative estimate of drug-likeness (QED) is 0.332. The molecule has 0 atom stereocenters. The van der Waals surface area contributed by atoms with Gasteiger partial charge in [-0.05, 0) is 12.1 Å². The van der Waals surface area contributed by atoms with Crippen molar-refractivity contribution in [3.63, 3.8) is 0 Å². The van der Waals surface area contributed by atoms with Gasteiger partial charge < -0.3 is 4.98 Å². The van der Waals surface area contributed by atoms with Crippen molar-refractivity contribution in [1.29, 1.82) is 0 Å². The fraction of sp³-hybridized carbons (Fsp3) is 0. The molecule has 2 aromatic heterocycles. The zero-order valence-corrected chi connectivity index (χ0v) is 8.90. The second-order valence-corrected chi connectivity index (χ2v) is 3.76. The normalized spacial score (nSPS) is 10.9. The Morgan fingerprint density at radius 2 is 2.06 bits per heavy atom. The molecule has 3 aromatic rings. The van der Waals surface area contributed by atoms with Crippen LogP contribution in [-0.4, -0.2) is 15.9 Å². The number of carbonyl (C=O) groups excluding carboxylic acids is 1. The molecule has 0 fully saturated rings. The zero-order valence-electron chi connectivity index (χ0n) is 8.90. The molecule has 5 heteroatoms. The molecule has 84 valence electrons. The highest BCUT2D eigenvalue weighted by atomic mass is 16.2. The summed E-state index contributed by atoms with van der Waals surface area (Å²) in [6.07, 6.45) is 1.64. The van der Waals surface area contributed by atoms with Gasteiger partial charge in [-0.25, -0.2) is 10.8 Å². The van der Waals surface area contributed by atoms with Crippen LogP contribution >= 0.6 is 0 Å². The minimum atomic E-state index is -0.391. The predicted octanol–water partition coefficient (Wildman–Crippen LogP) is 1.32. The lowest BCUT2D eigenvalue weighted by atomic mass is 10.1. The Balaban J connectivity index is 2.33. The number of fused-ring (bicyclic) bond motifs is 3. The maximum Gasteiger partial charge on any atom is 0.283 e. The highest BCUT2D eigenvalue weighted by molar-refractivity contribution is 6.08. The van der Waals surface area contributed by atoms with Crippen molar-refractivity contribution in [2.24, 2.45) is 5.84 Å². The molecule has 3 rings (SSSR count). The average molecular weight is 226 g/mol. The van der Waals surface area contributed by atoms with Crippen LogP contribution in [-0.2, 0) is 0 Å². The molecule has 1 amide bonds. The molecule has 0 aliphatic rings. The number of H-pyrrole nitrogens is 1. The van der Waals surface area contributed by atoms with Crippen molar-refractivity contribution in [2.75, 3.05) is 0 Å². The molecule has 0 aliphatic heterocycles. The van der Waals surface area contributed by atoms with E-state index in [0.717, 1.165) is 21.8 Å². The van der Waals surface area contributed by atoms with Crippen molar-refractivity contribution >= 4 is 27.7 Å². The summed E-state index contributed by atoms with van der Waals surface area (Å²) in [4.78, 5) is 18.7. The Morgan fingerprint density at radius 1 is 1.24 bits per heavy atom. The SMILES string of the molecule is NNC(=O)c1cc2c(cn1)[nH]c1ccccc12. The number of aromatic nitrogens is 2. The van der Waals surface area contributed by atoms with Crippen LogP contribution in [0.15, 0.2) is 36.5 Å². The van der Waals surface area contributed by atoms with E-state index in [1.165, 1.54) is 0 Å². The number of benzene rings is 1. The highest BCUT2D eigenvalue weighted by Crippen LogP contribution is 2.24. The van der Waals surface area contributed by atoms with Crippen molar-refractivity contribution in [1.82, 2.24) is 15.4 Å². The van der Waals surface area contributed by atoms with Gasteiger partial charge in [0, 0.05) is 16.3 Å². The van der Waals surface area contributed by atoms with E-state index >= 15 is 0 Å². The number of hydrogen-bond donors (Lipinski definition) is 3. The van der Waals surface area contributed by atoms with Crippen LogP contribution in [0.4, 0.5) is 0 Å². The second-order valence-electron chi connectivity index (χ2n) is 3.76.